The molecule has 0 fully saturated rings. The zero-order valence-corrected chi connectivity index (χ0v) is 12.6. The van der Waals surface area contributed by atoms with E-state index in [-0.39, 0.29) is 0 Å². The minimum Gasteiger partial charge on any atom is -0.495 e. The maximum absolute atomic E-state index is 6.13. The van der Waals surface area contributed by atoms with Gasteiger partial charge >= 0.3 is 0 Å². The van der Waals surface area contributed by atoms with Gasteiger partial charge in [-0.15, -0.1) is 0 Å². The number of hydrogen-bond acceptors (Lipinski definition) is 3. The Kier molecular flexibility index (Phi) is 4.40. The van der Waals surface area contributed by atoms with Crippen LogP contribution in [0, 0.1) is 13.8 Å². The first-order valence-corrected chi connectivity index (χ1v) is 6.71. The Morgan fingerprint density at radius 1 is 1.10 bits per heavy atom. The van der Waals surface area contributed by atoms with E-state index in [1.54, 1.807) is 7.11 Å². The predicted molar refractivity (Wildman–Crippen MR) is 82.7 cm³/mol. The molecule has 0 aliphatic carbocycles. The van der Waals surface area contributed by atoms with E-state index in [0.29, 0.717) is 18.0 Å². The van der Waals surface area contributed by atoms with Crippen molar-refractivity contribution in [2.45, 2.75) is 20.5 Å². The monoisotopic (exact) mass is 291 g/mol. The molecular weight excluding hydrogens is 274 g/mol. The normalized spacial score (nSPS) is 10.4. The fourth-order valence-corrected chi connectivity index (χ4v) is 2.14. The summed E-state index contributed by atoms with van der Waals surface area (Å²) in [5, 5.41) is 0.783. The molecule has 0 bridgehead atoms. The van der Waals surface area contributed by atoms with Gasteiger partial charge < -0.3 is 15.2 Å². The first-order valence-electron chi connectivity index (χ1n) is 6.33. The van der Waals surface area contributed by atoms with Crippen LogP contribution in [-0.2, 0) is 6.61 Å². The molecule has 0 atom stereocenters. The second kappa shape index (κ2) is 6.06. The number of anilines is 1. The van der Waals surface area contributed by atoms with Gasteiger partial charge in [0, 0.05) is 5.02 Å². The van der Waals surface area contributed by atoms with E-state index < -0.39 is 0 Å². The summed E-state index contributed by atoms with van der Waals surface area (Å²) in [7, 11) is 1.60. The van der Waals surface area contributed by atoms with Crippen molar-refractivity contribution < 1.29 is 9.47 Å². The third-order valence-corrected chi connectivity index (χ3v) is 3.71. The Hall–Kier alpha value is -1.87. The highest BCUT2D eigenvalue weighted by Gasteiger charge is 2.05. The predicted octanol–water partition coefficient (Wildman–Crippen LogP) is 4.13. The number of methoxy groups -OCH3 is 1. The van der Waals surface area contributed by atoms with E-state index in [9.17, 15) is 0 Å². The molecule has 0 aliphatic heterocycles. The Bertz CT molecular complexity index is 603. The zero-order valence-electron chi connectivity index (χ0n) is 11.9. The molecule has 20 heavy (non-hydrogen) atoms. The smallest absolute Gasteiger partial charge is 0.141 e. The van der Waals surface area contributed by atoms with Crippen molar-refractivity contribution >= 4 is 17.3 Å². The van der Waals surface area contributed by atoms with Gasteiger partial charge in [-0.2, -0.15) is 0 Å². The van der Waals surface area contributed by atoms with Crippen molar-refractivity contribution in [3.63, 3.8) is 0 Å². The third-order valence-electron chi connectivity index (χ3n) is 3.11. The Morgan fingerprint density at radius 2 is 1.75 bits per heavy atom. The molecule has 0 unspecified atom stereocenters. The van der Waals surface area contributed by atoms with Gasteiger partial charge in [0.1, 0.15) is 18.1 Å². The van der Waals surface area contributed by atoms with E-state index in [1.807, 2.05) is 44.2 Å². The van der Waals surface area contributed by atoms with E-state index >= 15 is 0 Å². The summed E-state index contributed by atoms with van der Waals surface area (Å²) < 4.78 is 10.9. The molecule has 0 spiro atoms. The van der Waals surface area contributed by atoms with Crippen molar-refractivity contribution in [2.24, 2.45) is 0 Å². The summed E-state index contributed by atoms with van der Waals surface area (Å²) in [6, 6.07) is 9.50. The standard InChI is InChI=1S/C16H18ClNO2/c1-10-6-13(7-11(2)16(10)17)20-9-12-4-5-15(19-3)14(18)8-12/h4-8H,9,18H2,1-3H3. The highest BCUT2D eigenvalue weighted by atomic mass is 35.5. The highest BCUT2D eigenvalue weighted by Crippen LogP contribution is 2.27. The Morgan fingerprint density at radius 3 is 2.30 bits per heavy atom. The van der Waals surface area contributed by atoms with Crippen molar-refractivity contribution in [3.05, 3.63) is 52.0 Å². The zero-order chi connectivity index (χ0) is 14.7. The molecule has 3 nitrogen and oxygen atoms in total. The van der Waals surface area contributed by atoms with Gasteiger partial charge in [-0.05, 0) is 54.8 Å². The molecule has 0 aliphatic rings. The van der Waals surface area contributed by atoms with Crippen LogP contribution < -0.4 is 15.2 Å². The lowest BCUT2D eigenvalue weighted by Gasteiger charge is -2.11. The van der Waals surface area contributed by atoms with Gasteiger partial charge in [-0.25, -0.2) is 0 Å². The first-order chi connectivity index (χ1) is 9.51. The summed E-state index contributed by atoms with van der Waals surface area (Å²) in [5.41, 5.74) is 9.49. The molecule has 0 saturated carbocycles. The summed E-state index contributed by atoms with van der Waals surface area (Å²) >= 11 is 6.13. The van der Waals surface area contributed by atoms with E-state index in [2.05, 4.69) is 0 Å². The van der Waals surface area contributed by atoms with E-state index in [1.165, 1.54) is 0 Å². The molecule has 0 amide bonds. The molecule has 0 radical (unpaired) electrons. The number of halogens is 1. The number of benzene rings is 2. The summed E-state index contributed by atoms with van der Waals surface area (Å²) in [6.07, 6.45) is 0. The molecule has 2 aromatic rings. The maximum Gasteiger partial charge on any atom is 0.141 e. The summed E-state index contributed by atoms with van der Waals surface area (Å²) in [6.45, 7) is 4.38. The molecule has 2 N–H and O–H groups in total. The highest BCUT2D eigenvalue weighted by molar-refractivity contribution is 6.32. The molecule has 4 heteroatoms. The van der Waals surface area contributed by atoms with Crippen LogP contribution in [0.3, 0.4) is 0 Å². The van der Waals surface area contributed by atoms with Gasteiger partial charge in [0.2, 0.25) is 0 Å². The number of hydrogen-bond donors (Lipinski definition) is 1. The average Bonchev–Trinajstić information content (AvgIpc) is 2.42. The SMILES string of the molecule is COc1ccc(COc2cc(C)c(Cl)c(C)c2)cc1N. The van der Waals surface area contributed by atoms with Gasteiger partial charge in [-0.3, -0.25) is 0 Å². The minimum atomic E-state index is 0.453. The molecule has 0 aromatic heterocycles. The lowest BCUT2D eigenvalue weighted by molar-refractivity contribution is 0.305. The fraction of sp³-hybridized carbons (Fsp3) is 0.250. The van der Waals surface area contributed by atoms with Gasteiger partial charge in [0.15, 0.2) is 0 Å². The largest absolute Gasteiger partial charge is 0.495 e. The van der Waals surface area contributed by atoms with Crippen LogP contribution in [0.15, 0.2) is 30.3 Å². The third kappa shape index (κ3) is 3.17. The topological polar surface area (TPSA) is 44.5 Å². The fourth-order valence-electron chi connectivity index (χ4n) is 2.03. The van der Waals surface area contributed by atoms with Crippen molar-refractivity contribution in [1.82, 2.24) is 0 Å². The Balaban J connectivity index is 2.11. The van der Waals surface area contributed by atoms with Crippen LogP contribution in [0.25, 0.3) is 0 Å². The number of ether oxygens (including phenoxy) is 2. The minimum absolute atomic E-state index is 0.453. The quantitative estimate of drug-likeness (QED) is 0.862. The average molecular weight is 292 g/mol. The van der Waals surface area contributed by atoms with Crippen LogP contribution in [0.5, 0.6) is 11.5 Å². The molecular formula is C16H18ClNO2. The van der Waals surface area contributed by atoms with Crippen LogP contribution in [0.4, 0.5) is 5.69 Å². The first kappa shape index (κ1) is 14.5. The second-order valence-corrected chi connectivity index (χ2v) is 5.11. The molecule has 2 aromatic carbocycles. The number of nitrogens with two attached hydrogens (primary N) is 1. The lowest BCUT2D eigenvalue weighted by Crippen LogP contribution is -1.99. The maximum atomic E-state index is 6.13. The number of rotatable bonds is 4. The van der Waals surface area contributed by atoms with E-state index in [0.717, 1.165) is 27.5 Å². The van der Waals surface area contributed by atoms with Crippen molar-refractivity contribution in [3.8, 4) is 11.5 Å². The second-order valence-electron chi connectivity index (χ2n) is 4.74. The van der Waals surface area contributed by atoms with Crippen LogP contribution in [0.1, 0.15) is 16.7 Å². The van der Waals surface area contributed by atoms with Crippen LogP contribution in [-0.4, -0.2) is 7.11 Å². The van der Waals surface area contributed by atoms with E-state index in [4.69, 9.17) is 26.8 Å². The van der Waals surface area contributed by atoms with Crippen molar-refractivity contribution in [1.29, 1.82) is 0 Å². The Labute approximate surface area is 124 Å². The number of aryl methyl sites for hydroxylation is 2. The van der Waals surface area contributed by atoms with Crippen LogP contribution in [0.2, 0.25) is 5.02 Å². The van der Waals surface area contributed by atoms with Gasteiger partial charge in [0.05, 0.1) is 12.8 Å². The summed E-state index contributed by atoms with van der Waals surface area (Å²) in [4.78, 5) is 0. The molecule has 0 saturated heterocycles. The molecule has 0 heterocycles. The van der Waals surface area contributed by atoms with Crippen LogP contribution >= 0.6 is 11.6 Å². The summed E-state index contributed by atoms with van der Waals surface area (Å²) in [5.74, 6) is 1.48. The van der Waals surface area contributed by atoms with Gasteiger partial charge in [0.25, 0.3) is 0 Å². The van der Waals surface area contributed by atoms with Gasteiger partial charge in [-0.1, -0.05) is 17.7 Å². The molecule has 106 valence electrons. The lowest BCUT2D eigenvalue weighted by atomic mass is 10.1. The van der Waals surface area contributed by atoms with Crippen molar-refractivity contribution in [2.75, 3.05) is 12.8 Å². The molecule has 2 rings (SSSR count). The number of nitrogen functional groups attached to an aromatic ring is 1.